The van der Waals surface area contributed by atoms with Gasteiger partial charge in [-0.15, -0.1) is 0 Å². The highest BCUT2D eigenvalue weighted by atomic mass is 32.2. The molecule has 0 radical (unpaired) electrons. The van der Waals surface area contributed by atoms with E-state index in [-0.39, 0.29) is 6.04 Å². The molecule has 2 aromatic carbocycles. The number of hydrogen-bond acceptors (Lipinski definition) is 3. The fourth-order valence-electron chi connectivity index (χ4n) is 3.38. The highest BCUT2D eigenvalue weighted by molar-refractivity contribution is 7.89. The van der Waals surface area contributed by atoms with Gasteiger partial charge in [0.15, 0.2) is 0 Å². The minimum atomic E-state index is -3.49. The smallest absolute Gasteiger partial charge is 0.240 e. The van der Waals surface area contributed by atoms with Gasteiger partial charge in [0.05, 0.1) is 11.5 Å². The van der Waals surface area contributed by atoms with Gasteiger partial charge in [0.25, 0.3) is 0 Å². The fraction of sp³-hybridized carbons (Fsp3) is 0.474. The van der Waals surface area contributed by atoms with Gasteiger partial charge in [-0.05, 0) is 60.7 Å². The van der Waals surface area contributed by atoms with Gasteiger partial charge >= 0.3 is 0 Å². The van der Waals surface area contributed by atoms with E-state index in [0.29, 0.717) is 17.4 Å². The summed E-state index contributed by atoms with van der Waals surface area (Å²) >= 11 is 0. The lowest BCUT2D eigenvalue weighted by Gasteiger charge is -2.29. The van der Waals surface area contributed by atoms with Crippen molar-refractivity contribution in [3.05, 3.63) is 36.4 Å². The van der Waals surface area contributed by atoms with Crippen LogP contribution in [-0.2, 0) is 10.0 Å². The largest absolute Gasteiger partial charge is 0.494 e. The molecule has 1 fully saturated rings. The summed E-state index contributed by atoms with van der Waals surface area (Å²) in [6.07, 6.45) is 4.30. The first kappa shape index (κ1) is 17.2. The van der Waals surface area contributed by atoms with E-state index in [1.165, 1.54) is 6.42 Å². The summed E-state index contributed by atoms with van der Waals surface area (Å²) in [6.45, 7) is 4.68. The van der Waals surface area contributed by atoms with Gasteiger partial charge in [-0.2, -0.15) is 0 Å². The zero-order valence-electron chi connectivity index (χ0n) is 14.3. The molecular formula is C19H25NO3S. The van der Waals surface area contributed by atoms with E-state index in [1.807, 2.05) is 31.2 Å². The number of fused-ring (bicyclic) bond motifs is 1. The monoisotopic (exact) mass is 347 g/mol. The van der Waals surface area contributed by atoms with Crippen LogP contribution in [0.2, 0.25) is 0 Å². The molecule has 24 heavy (non-hydrogen) atoms. The Kier molecular flexibility index (Phi) is 5.11. The third-order valence-corrected chi connectivity index (χ3v) is 6.31. The number of ether oxygens (including phenoxy) is 1. The van der Waals surface area contributed by atoms with E-state index in [0.717, 1.165) is 35.8 Å². The Morgan fingerprint density at radius 1 is 1.08 bits per heavy atom. The molecule has 0 heterocycles. The zero-order chi connectivity index (χ0) is 17.2. The predicted molar refractivity (Wildman–Crippen MR) is 96.9 cm³/mol. The van der Waals surface area contributed by atoms with Crippen LogP contribution in [0.4, 0.5) is 0 Å². The zero-order valence-corrected chi connectivity index (χ0v) is 15.1. The van der Waals surface area contributed by atoms with Crippen molar-refractivity contribution in [2.75, 3.05) is 6.61 Å². The molecule has 0 aliphatic heterocycles. The molecule has 1 saturated carbocycles. The van der Waals surface area contributed by atoms with Crippen LogP contribution in [0.15, 0.2) is 41.3 Å². The summed E-state index contributed by atoms with van der Waals surface area (Å²) < 4.78 is 33.8. The number of nitrogens with one attached hydrogen (secondary N) is 1. The van der Waals surface area contributed by atoms with E-state index >= 15 is 0 Å². The Morgan fingerprint density at radius 3 is 2.54 bits per heavy atom. The van der Waals surface area contributed by atoms with Crippen molar-refractivity contribution in [1.29, 1.82) is 0 Å². The highest BCUT2D eigenvalue weighted by Gasteiger charge is 2.26. The van der Waals surface area contributed by atoms with E-state index < -0.39 is 10.0 Å². The lowest BCUT2D eigenvalue weighted by atomic mass is 9.87. The van der Waals surface area contributed by atoms with Gasteiger partial charge < -0.3 is 4.74 Å². The van der Waals surface area contributed by atoms with Crippen LogP contribution in [0.3, 0.4) is 0 Å². The third kappa shape index (κ3) is 3.73. The molecule has 1 aliphatic carbocycles. The predicted octanol–water partition coefficient (Wildman–Crippen LogP) is 4.10. The van der Waals surface area contributed by atoms with Gasteiger partial charge in [-0.1, -0.05) is 31.9 Å². The second kappa shape index (κ2) is 7.11. The van der Waals surface area contributed by atoms with Crippen molar-refractivity contribution in [2.24, 2.45) is 5.92 Å². The van der Waals surface area contributed by atoms with Crippen LogP contribution in [0.5, 0.6) is 5.75 Å². The Labute approximate surface area is 144 Å². The Morgan fingerprint density at radius 2 is 1.79 bits per heavy atom. The minimum Gasteiger partial charge on any atom is -0.494 e. The first-order valence-electron chi connectivity index (χ1n) is 8.68. The van der Waals surface area contributed by atoms with Crippen molar-refractivity contribution >= 4 is 20.8 Å². The molecule has 0 spiro atoms. The van der Waals surface area contributed by atoms with Gasteiger partial charge in [-0.25, -0.2) is 13.1 Å². The normalized spacial score (nSPS) is 21.8. The molecule has 2 atom stereocenters. The topological polar surface area (TPSA) is 55.4 Å². The van der Waals surface area contributed by atoms with Crippen molar-refractivity contribution in [3.63, 3.8) is 0 Å². The lowest BCUT2D eigenvalue weighted by molar-refractivity contribution is 0.310. The summed E-state index contributed by atoms with van der Waals surface area (Å²) in [4.78, 5) is 0.330. The molecule has 0 saturated heterocycles. The summed E-state index contributed by atoms with van der Waals surface area (Å²) in [5.74, 6) is 1.19. The molecular weight excluding hydrogens is 322 g/mol. The van der Waals surface area contributed by atoms with Crippen LogP contribution in [-0.4, -0.2) is 21.1 Å². The first-order valence-corrected chi connectivity index (χ1v) is 10.2. The van der Waals surface area contributed by atoms with Crippen molar-refractivity contribution in [3.8, 4) is 5.75 Å². The molecule has 2 aromatic rings. The van der Waals surface area contributed by atoms with Crippen LogP contribution in [0.1, 0.15) is 39.5 Å². The number of rotatable bonds is 5. The van der Waals surface area contributed by atoms with Crippen molar-refractivity contribution in [2.45, 2.75) is 50.5 Å². The second-order valence-electron chi connectivity index (χ2n) is 6.59. The molecule has 3 rings (SSSR count). The maximum atomic E-state index is 12.7. The number of hydrogen-bond donors (Lipinski definition) is 1. The first-order chi connectivity index (χ1) is 11.5. The summed E-state index contributed by atoms with van der Waals surface area (Å²) in [5.41, 5.74) is 0. The highest BCUT2D eigenvalue weighted by Crippen LogP contribution is 2.27. The number of benzene rings is 2. The van der Waals surface area contributed by atoms with Gasteiger partial charge in [0.1, 0.15) is 5.75 Å². The van der Waals surface area contributed by atoms with Crippen LogP contribution >= 0.6 is 0 Å². The molecule has 130 valence electrons. The summed E-state index contributed by atoms with van der Waals surface area (Å²) in [7, 11) is -3.49. The average molecular weight is 347 g/mol. The summed E-state index contributed by atoms with van der Waals surface area (Å²) in [6, 6.07) is 11.0. The van der Waals surface area contributed by atoms with Gasteiger partial charge in [-0.3, -0.25) is 0 Å². The average Bonchev–Trinajstić information content (AvgIpc) is 2.56. The lowest BCUT2D eigenvalue weighted by Crippen LogP contribution is -2.40. The van der Waals surface area contributed by atoms with Crippen LogP contribution < -0.4 is 9.46 Å². The quantitative estimate of drug-likeness (QED) is 0.886. The van der Waals surface area contributed by atoms with E-state index in [4.69, 9.17) is 4.74 Å². The van der Waals surface area contributed by atoms with E-state index in [2.05, 4.69) is 11.6 Å². The van der Waals surface area contributed by atoms with E-state index in [1.54, 1.807) is 12.1 Å². The third-order valence-electron chi connectivity index (χ3n) is 4.82. The maximum absolute atomic E-state index is 12.7. The molecule has 0 bridgehead atoms. The Bertz CT molecular complexity index is 816. The molecule has 1 aliphatic rings. The molecule has 0 unspecified atom stereocenters. The van der Waals surface area contributed by atoms with Gasteiger partial charge in [0.2, 0.25) is 10.0 Å². The molecule has 4 nitrogen and oxygen atoms in total. The molecule has 0 amide bonds. The Hall–Kier alpha value is -1.59. The van der Waals surface area contributed by atoms with Crippen molar-refractivity contribution < 1.29 is 13.2 Å². The SMILES string of the molecule is CCOc1ccc2cc(S(=O)(=O)N[C@@H]3CCCC[C@H]3C)ccc2c1. The molecule has 1 N–H and O–H groups in total. The molecule has 0 aromatic heterocycles. The fourth-order valence-corrected chi connectivity index (χ4v) is 4.80. The van der Waals surface area contributed by atoms with Crippen LogP contribution in [0.25, 0.3) is 10.8 Å². The second-order valence-corrected chi connectivity index (χ2v) is 8.31. The summed E-state index contributed by atoms with van der Waals surface area (Å²) in [5, 5.41) is 1.88. The van der Waals surface area contributed by atoms with Crippen LogP contribution in [0, 0.1) is 5.92 Å². The maximum Gasteiger partial charge on any atom is 0.240 e. The van der Waals surface area contributed by atoms with Crippen molar-refractivity contribution in [1.82, 2.24) is 4.72 Å². The minimum absolute atomic E-state index is 0.0415. The molecule has 5 heteroatoms. The van der Waals surface area contributed by atoms with Gasteiger partial charge in [0, 0.05) is 6.04 Å². The standard InChI is InChI=1S/C19H25NO3S/c1-3-23-17-10-8-16-13-18(11-9-15(16)12-17)24(21,22)20-19-7-5-4-6-14(19)2/h8-14,19-20H,3-7H2,1-2H3/t14-,19-/m1/s1. The Balaban J connectivity index is 1.86. The number of sulfonamides is 1. The van der Waals surface area contributed by atoms with E-state index in [9.17, 15) is 8.42 Å².